The van der Waals surface area contributed by atoms with Crippen molar-refractivity contribution < 1.29 is 9.90 Å². The molecule has 1 heterocycles. The number of phenolic OH excluding ortho intramolecular Hbond substituents is 1. The van der Waals surface area contributed by atoms with Crippen LogP contribution >= 0.6 is 11.3 Å². The molecule has 1 aliphatic carbocycles. The van der Waals surface area contributed by atoms with Crippen LogP contribution in [0.2, 0.25) is 0 Å². The van der Waals surface area contributed by atoms with Crippen molar-refractivity contribution >= 4 is 22.4 Å². The van der Waals surface area contributed by atoms with E-state index in [1.807, 2.05) is 11.4 Å². The second-order valence-corrected chi connectivity index (χ2v) is 5.76. The number of aromatic hydroxyl groups is 1. The first-order valence-electron chi connectivity index (χ1n) is 6.19. The van der Waals surface area contributed by atoms with Gasteiger partial charge in [0.1, 0.15) is 5.75 Å². The number of aromatic nitrogens is 1. The molecule has 3 rings (SSSR count). The topological polar surface area (TPSA) is 62.2 Å². The molecule has 19 heavy (non-hydrogen) atoms. The van der Waals surface area contributed by atoms with E-state index >= 15 is 0 Å². The highest BCUT2D eigenvalue weighted by Gasteiger charge is 2.39. The predicted molar refractivity (Wildman–Crippen MR) is 75.1 cm³/mol. The van der Waals surface area contributed by atoms with E-state index in [0.29, 0.717) is 11.0 Å². The third-order valence-electron chi connectivity index (χ3n) is 3.32. The zero-order valence-corrected chi connectivity index (χ0v) is 11.3. The maximum Gasteiger partial charge on any atom is 0.229 e. The summed E-state index contributed by atoms with van der Waals surface area (Å²) >= 11 is 1.40. The number of benzene rings is 1. The van der Waals surface area contributed by atoms with Gasteiger partial charge in [-0.15, -0.1) is 11.3 Å². The van der Waals surface area contributed by atoms with Crippen molar-refractivity contribution in [1.82, 2.24) is 4.98 Å². The molecule has 4 nitrogen and oxygen atoms in total. The van der Waals surface area contributed by atoms with Gasteiger partial charge >= 0.3 is 0 Å². The first-order valence-corrected chi connectivity index (χ1v) is 7.07. The average Bonchev–Trinajstić information content (AvgIpc) is 2.94. The molecule has 0 radical (unpaired) electrons. The molecule has 1 aliphatic rings. The molecule has 1 amide bonds. The highest BCUT2D eigenvalue weighted by molar-refractivity contribution is 7.14. The van der Waals surface area contributed by atoms with Crippen molar-refractivity contribution in [2.24, 2.45) is 11.8 Å². The fraction of sp³-hybridized carbons (Fsp3) is 0.286. The van der Waals surface area contributed by atoms with Crippen LogP contribution in [0.15, 0.2) is 29.6 Å². The van der Waals surface area contributed by atoms with Gasteiger partial charge in [0.15, 0.2) is 5.13 Å². The molecule has 5 heteroatoms. The smallest absolute Gasteiger partial charge is 0.229 e. The third-order valence-corrected chi connectivity index (χ3v) is 4.08. The summed E-state index contributed by atoms with van der Waals surface area (Å²) in [6, 6.07) is 6.92. The molecule has 98 valence electrons. The van der Waals surface area contributed by atoms with Gasteiger partial charge in [-0.3, -0.25) is 4.79 Å². The Bertz CT molecular complexity index is 623. The highest BCUT2D eigenvalue weighted by atomic mass is 32.1. The monoisotopic (exact) mass is 274 g/mol. The molecule has 2 atom stereocenters. The van der Waals surface area contributed by atoms with Crippen molar-refractivity contribution in [2.75, 3.05) is 5.32 Å². The van der Waals surface area contributed by atoms with Gasteiger partial charge in [-0.25, -0.2) is 4.98 Å². The lowest BCUT2D eigenvalue weighted by Crippen LogP contribution is -2.14. The first kappa shape index (κ1) is 12.2. The van der Waals surface area contributed by atoms with Gasteiger partial charge in [-0.05, 0) is 24.5 Å². The van der Waals surface area contributed by atoms with Crippen molar-refractivity contribution in [3.05, 3.63) is 29.6 Å². The third kappa shape index (κ3) is 2.61. The van der Waals surface area contributed by atoms with E-state index in [1.54, 1.807) is 18.2 Å². The summed E-state index contributed by atoms with van der Waals surface area (Å²) in [7, 11) is 0. The van der Waals surface area contributed by atoms with Crippen LogP contribution < -0.4 is 5.32 Å². The van der Waals surface area contributed by atoms with E-state index in [2.05, 4.69) is 17.2 Å². The van der Waals surface area contributed by atoms with E-state index in [0.717, 1.165) is 17.7 Å². The van der Waals surface area contributed by atoms with E-state index in [1.165, 1.54) is 11.3 Å². The number of phenols is 1. The number of anilines is 1. The molecular weight excluding hydrogens is 260 g/mol. The SMILES string of the molecule is CC1CC1C(=O)Nc1nc(-c2cccc(O)c2)cs1. The number of hydrogen-bond acceptors (Lipinski definition) is 4. The Morgan fingerprint density at radius 3 is 3.00 bits per heavy atom. The second-order valence-electron chi connectivity index (χ2n) is 4.90. The van der Waals surface area contributed by atoms with Gasteiger partial charge in [-0.2, -0.15) is 0 Å². The van der Waals surface area contributed by atoms with Crippen LogP contribution in [0.25, 0.3) is 11.3 Å². The summed E-state index contributed by atoms with van der Waals surface area (Å²) < 4.78 is 0. The van der Waals surface area contributed by atoms with Crippen molar-refractivity contribution in [1.29, 1.82) is 0 Å². The molecular formula is C14H14N2O2S. The number of rotatable bonds is 3. The number of nitrogens with one attached hydrogen (secondary N) is 1. The van der Waals surface area contributed by atoms with Crippen LogP contribution in [0, 0.1) is 11.8 Å². The average molecular weight is 274 g/mol. The lowest BCUT2D eigenvalue weighted by atomic mass is 10.2. The molecule has 0 saturated heterocycles. The van der Waals surface area contributed by atoms with Gasteiger partial charge in [0.2, 0.25) is 5.91 Å². The minimum Gasteiger partial charge on any atom is -0.508 e. The summed E-state index contributed by atoms with van der Waals surface area (Å²) in [6.07, 6.45) is 0.969. The minimum absolute atomic E-state index is 0.0595. The van der Waals surface area contributed by atoms with Gasteiger partial charge in [0.05, 0.1) is 5.69 Å². The molecule has 2 aromatic rings. The van der Waals surface area contributed by atoms with Crippen LogP contribution in [-0.2, 0) is 4.79 Å². The Labute approximate surface area is 115 Å². The maximum atomic E-state index is 11.8. The van der Waals surface area contributed by atoms with Gasteiger partial charge in [0.25, 0.3) is 0 Å². The summed E-state index contributed by atoms with van der Waals surface area (Å²) in [5.74, 6) is 0.908. The van der Waals surface area contributed by atoms with E-state index in [9.17, 15) is 9.90 Å². The van der Waals surface area contributed by atoms with Crippen LogP contribution in [0.1, 0.15) is 13.3 Å². The van der Waals surface area contributed by atoms with E-state index in [4.69, 9.17) is 0 Å². The summed E-state index contributed by atoms with van der Waals surface area (Å²) in [5.41, 5.74) is 1.61. The van der Waals surface area contributed by atoms with Crippen molar-refractivity contribution in [3.63, 3.8) is 0 Å². The normalized spacial score (nSPS) is 21.1. The lowest BCUT2D eigenvalue weighted by molar-refractivity contribution is -0.117. The number of carbonyl (C=O) groups is 1. The van der Waals surface area contributed by atoms with E-state index in [-0.39, 0.29) is 17.6 Å². The molecule has 1 aromatic carbocycles. The maximum absolute atomic E-state index is 11.8. The Balaban J connectivity index is 1.74. The molecule has 2 N–H and O–H groups in total. The quantitative estimate of drug-likeness (QED) is 0.904. The molecule has 1 fully saturated rings. The zero-order chi connectivity index (χ0) is 13.4. The molecule has 1 saturated carbocycles. The van der Waals surface area contributed by atoms with Crippen LogP contribution in [0.4, 0.5) is 5.13 Å². The van der Waals surface area contributed by atoms with Crippen LogP contribution in [0.5, 0.6) is 5.75 Å². The summed E-state index contributed by atoms with van der Waals surface area (Å²) in [5, 5.41) is 14.8. The summed E-state index contributed by atoms with van der Waals surface area (Å²) in [6.45, 7) is 2.07. The molecule has 0 aliphatic heterocycles. The fourth-order valence-corrected chi connectivity index (χ4v) is 2.74. The standard InChI is InChI=1S/C14H14N2O2S/c1-8-5-11(8)13(18)16-14-15-12(7-19-14)9-3-2-4-10(17)6-9/h2-4,6-8,11,17H,5H2,1H3,(H,15,16,18). The zero-order valence-electron chi connectivity index (χ0n) is 10.5. The Morgan fingerprint density at radius 1 is 1.53 bits per heavy atom. The van der Waals surface area contributed by atoms with E-state index < -0.39 is 0 Å². The Morgan fingerprint density at radius 2 is 2.32 bits per heavy atom. The molecule has 0 spiro atoms. The fourth-order valence-electron chi connectivity index (χ4n) is 2.01. The highest BCUT2D eigenvalue weighted by Crippen LogP contribution is 2.38. The van der Waals surface area contributed by atoms with Gasteiger partial charge in [0, 0.05) is 16.9 Å². The second kappa shape index (κ2) is 4.66. The largest absolute Gasteiger partial charge is 0.508 e. The number of thiazole rings is 1. The van der Waals surface area contributed by atoms with Crippen molar-refractivity contribution in [3.8, 4) is 17.0 Å². The molecule has 0 bridgehead atoms. The lowest BCUT2D eigenvalue weighted by Gasteiger charge is -1.99. The number of amides is 1. The summed E-state index contributed by atoms with van der Waals surface area (Å²) in [4.78, 5) is 16.2. The Hall–Kier alpha value is -1.88. The Kier molecular flexibility index (Phi) is 2.98. The van der Waals surface area contributed by atoms with Crippen LogP contribution in [0.3, 0.4) is 0 Å². The number of hydrogen-bond donors (Lipinski definition) is 2. The molecule has 1 aromatic heterocycles. The van der Waals surface area contributed by atoms with Crippen LogP contribution in [-0.4, -0.2) is 16.0 Å². The number of nitrogens with zero attached hydrogens (tertiary/aromatic N) is 1. The van der Waals surface area contributed by atoms with Gasteiger partial charge in [-0.1, -0.05) is 19.1 Å². The predicted octanol–water partition coefficient (Wildman–Crippen LogP) is 3.11. The van der Waals surface area contributed by atoms with Gasteiger partial charge < -0.3 is 10.4 Å². The number of carbonyl (C=O) groups excluding carboxylic acids is 1. The molecule has 2 unspecified atom stereocenters. The first-order chi connectivity index (χ1) is 9.13. The minimum atomic E-state index is 0.0595. The van der Waals surface area contributed by atoms with Crippen molar-refractivity contribution in [2.45, 2.75) is 13.3 Å².